The molecule has 1 aromatic heterocycles. The summed E-state index contributed by atoms with van der Waals surface area (Å²) in [5, 5.41) is 4.85. The molecule has 1 heterocycles. The first-order chi connectivity index (χ1) is 14.8. The van der Waals surface area contributed by atoms with Gasteiger partial charge in [-0.05, 0) is 48.7 Å². The van der Waals surface area contributed by atoms with Gasteiger partial charge in [0.25, 0.3) is 0 Å². The second-order valence-corrected chi connectivity index (χ2v) is 7.45. The van der Waals surface area contributed by atoms with Crippen LogP contribution in [-0.4, -0.2) is 18.6 Å². The summed E-state index contributed by atoms with van der Waals surface area (Å²) in [5.74, 6) is 1.57. The molecule has 30 heavy (non-hydrogen) atoms. The Balaban J connectivity index is 1.40. The SMILES string of the molecule is COc1cccc(CNCCc2c[nH]c3ccccc23)c1OCc1ccccc1C. The van der Waals surface area contributed by atoms with Crippen LogP contribution in [0.15, 0.2) is 72.9 Å². The molecule has 0 spiro atoms. The maximum absolute atomic E-state index is 6.22. The van der Waals surface area contributed by atoms with Crippen LogP contribution in [0.5, 0.6) is 11.5 Å². The van der Waals surface area contributed by atoms with E-state index in [0.29, 0.717) is 6.61 Å². The summed E-state index contributed by atoms with van der Waals surface area (Å²) in [6.07, 6.45) is 3.07. The van der Waals surface area contributed by atoms with Gasteiger partial charge in [-0.3, -0.25) is 0 Å². The Morgan fingerprint density at radius 1 is 0.867 bits per heavy atom. The van der Waals surface area contributed by atoms with Gasteiger partial charge in [0.1, 0.15) is 6.61 Å². The number of hydrogen-bond acceptors (Lipinski definition) is 3. The number of benzene rings is 3. The summed E-state index contributed by atoms with van der Waals surface area (Å²) in [6.45, 7) is 4.24. The Hall–Kier alpha value is -3.24. The van der Waals surface area contributed by atoms with E-state index in [2.05, 4.69) is 65.9 Å². The average Bonchev–Trinajstić information content (AvgIpc) is 3.19. The van der Waals surface area contributed by atoms with Crippen molar-refractivity contribution in [1.29, 1.82) is 0 Å². The van der Waals surface area contributed by atoms with Crippen molar-refractivity contribution in [3.63, 3.8) is 0 Å². The Morgan fingerprint density at radius 3 is 2.53 bits per heavy atom. The molecule has 0 unspecified atom stereocenters. The van der Waals surface area contributed by atoms with Crippen molar-refractivity contribution in [3.8, 4) is 11.5 Å². The highest BCUT2D eigenvalue weighted by atomic mass is 16.5. The van der Waals surface area contributed by atoms with Crippen molar-refractivity contribution in [2.24, 2.45) is 0 Å². The van der Waals surface area contributed by atoms with Gasteiger partial charge in [-0.2, -0.15) is 0 Å². The summed E-state index contributed by atoms with van der Waals surface area (Å²) in [6, 6.07) is 22.8. The normalized spacial score (nSPS) is 11.0. The fourth-order valence-corrected chi connectivity index (χ4v) is 3.73. The first-order valence-corrected chi connectivity index (χ1v) is 10.3. The average molecular weight is 401 g/mol. The lowest BCUT2D eigenvalue weighted by Gasteiger charge is -2.16. The molecule has 3 aromatic carbocycles. The highest BCUT2D eigenvalue weighted by molar-refractivity contribution is 5.83. The third-order valence-corrected chi connectivity index (χ3v) is 5.48. The molecule has 4 heteroatoms. The number of aromatic nitrogens is 1. The quantitative estimate of drug-likeness (QED) is 0.370. The zero-order valence-corrected chi connectivity index (χ0v) is 17.6. The van der Waals surface area contributed by atoms with Crippen LogP contribution in [0.25, 0.3) is 10.9 Å². The van der Waals surface area contributed by atoms with Crippen LogP contribution in [0.2, 0.25) is 0 Å². The zero-order chi connectivity index (χ0) is 20.8. The molecular formula is C26H28N2O2. The van der Waals surface area contributed by atoms with Gasteiger partial charge in [-0.15, -0.1) is 0 Å². The Bertz CT molecular complexity index is 1120. The highest BCUT2D eigenvalue weighted by Crippen LogP contribution is 2.32. The molecule has 0 aliphatic carbocycles. The summed E-state index contributed by atoms with van der Waals surface area (Å²) >= 11 is 0. The third kappa shape index (κ3) is 4.50. The van der Waals surface area contributed by atoms with Gasteiger partial charge in [0, 0.05) is 29.2 Å². The van der Waals surface area contributed by atoms with E-state index in [9.17, 15) is 0 Å². The summed E-state index contributed by atoms with van der Waals surface area (Å²) in [4.78, 5) is 3.34. The minimum absolute atomic E-state index is 0.523. The Labute approximate surface area is 177 Å². The molecule has 0 amide bonds. The van der Waals surface area contributed by atoms with E-state index in [1.54, 1.807) is 7.11 Å². The molecule has 0 bridgehead atoms. The second kappa shape index (κ2) is 9.51. The van der Waals surface area contributed by atoms with Crippen molar-refractivity contribution in [2.75, 3.05) is 13.7 Å². The summed E-state index contributed by atoms with van der Waals surface area (Å²) in [5.41, 5.74) is 6.03. The fourth-order valence-electron chi connectivity index (χ4n) is 3.73. The summed E-state index contributed by atoms with van der Waals surface area (Å²) in [7, 11) is 1.68. The number of fused-ring (bicyclic) bond motifs is 1. The standard InChI is InChI=1S/C26H28N2O2/c1-19-8-3-4-9-22(19)18-30-26-21(10-7-13-25(26)29-2)16-27-15-14-20-17-28-24-12-6-5-11-23(20)24/h3-13,17,27-28H,14-16,18H2,1-2H3. The number of nitrogens with one attached hydrogen (secondary N) is 2. The number of rotatable bonds is 9. The molecule has 0 radical (unpaired) electrons. The molecule has 0 saturated heterocycles. The molecule has 154 valence electrons. The molecule has 2 N–H and O–H groups in total. The van der Waals surface area contributed by atoms with E-state index < -0.39 is 0 Å². The number of methoxy groups -OCH3 is 1. The van der Waals surface area contributed by atoms with Crippen molar-refractivity contribution in [1.82, 2.24) is 10.3 Å². The maximum atomic E-state index is 6.22. The lowest BCUT2D eigenvalue weighted by Crippen LogP contribution is -2.17. The number of hydrogen-bond donors (Lipinski definition) is 2. The highest BCUT2D eigenvalue weighted by Gasteiger charge is 2.11. The van der Waals surface area contributed by atoms with Crippen LogP contribution in [-0.2, 0) is 19.6 Å². The lowest BCUT2D eigenvalue weighted by molar-refractivity contribution is 0.280. The number of ether oxygens (including phenoxy) is 2. The molecule has 0 aliphatic heterocycles. The van der Waals surface area contributed by atoms with Gasteiger partial charge in [-0.1, -0.05) is 54.6 Å². The van der Waals surface area contributed by atoms with E-state index in [1.165, 1.54) is 27.6 Å². The van der Waals surface area contributed by atoms with Crippen LogP contribution in [0.4, 0.5) is 0 Å². The van der Waals surface area contributed by atoms with Crippen molar-refractivity contribution in [2.45, 2.75) is 26.5 Å². The van der Waals surface area contributed by atoms with Crippen LogP contribution in [0.1, 0.15) is 22.3 Å². The predicted octanol–water partition coefficient (Wildman–Crippen LogP) is 5.40. The lowest BCUT2D eigenvalue weighted by atomic mass is 10.1. The molecule has 0 saturated carbocycles. The topological polar surface area (TPSA) is 46.3 Å². The van der Waals surface area contributed by atoms with Crippen LogP contribution < -0.4 is 14.8 Å². The Morgan fingerprint density at radius 2 is 1.67 bits per heavy atom. The Kier molecular flexibility index (Phi) is 6.35. The monoisotopic (exact) mass is 400 g/mol. The molecular weight excluding hydrogens is 372 g/mol. The van der Waals surface area contributed by atoms with E-state index >= 15 is 0 Å². The van der Waals surface area contributed by atoms with Gasteiger partial charge < -0.3 is 19.8 Å². The first kappa shape index (κ1) is 20.0. The molecule has 4 rings (SSSR count). The van der Waals surface area contributed by atoms with E-state index in [0.717, 1.165) is 36.6 Å². The number of aromatic amines is 1. The summed E-state index contributed by atoms with van der Waals surface area (Å²) < 4.78 is 11.8. The van der Waals surface area contributed by atoms with Gasteiger partial charge in [0.15, 0.2) is 11.5 Å². The minimum atomic E-state index is 0.523. The van der Waals surface area contributed by atoms with E-state index in [4.69, 9.17) is 9.47 Å². The molecule has 0 fully saturated rings. The zero-order valence-electron chi connectivity index (χ0n) is 17.6. The van der Waals surface area contributed by atoms with Gasteiger partial charge in [0.05, 0.1) is 7.11 Å². The third-order valence-electron chi connectivity index (χ3n) is 5.48. The number of aryl methyl sites for hydroxylation is 1. The van der Waals surface area contributed by atoms with E-state index in [-0.39, 0.29) is 0 Å². The van der Waals surface area contributed by atoms with Crippen molar-refractivity contribution >= 4 is 10.9 Å². The molecule has 4 nitrogen and oxygen atoms in total. The second-order valence-electron chi connectivity index (χ2n) is 7.45. The van der Waals surface area contributed by atoms with Gasteiger partial charge in [-0.25, -0.2) is 0 Å². The maximum Gasteiger partial charge on any atom is 0.166 e. The fraction of sp³-hybridized carbons (Fsp3) is 0.231. The number of para-hydroxylation sites is 2. The largest absolute Gasteiger partial charge is 0.493 e. The van der Waals surface area contributed by atoms with Gasteiger partial charge >= 0.3 is 0 Å². The molecule has 0 atom stereocenters. The van der Waals surface area contributed by atoms with Crippen molar-refractivity contribution in [3.05, 3.63) is 95.2 Å². The van der Waals surface area contributed by atoms with E-state index in [1.807, 2.05) is 24.3 Å². The van der Waals surface area contributed by atoms with Gasteiger partial charge in [0.2, 0.25) is 0 Å². The number of H-pyrrole nitrogens is 1. The van der Waals surface area contributed by atoms with Crippen LogP contribution >= 0.6 is 0 Å². The minimum Gasteiger partial charge on any atom is -0.493 e. The van der Waals surface area contributed by atoms with Crippen LogP contribution in [0, 0.1) is 6.92 Å². The smallest absolute Gasteiger partial charge is 0.166 e. The molecule has 4 aromatic rings. The van der Waals surface area contributed by atoms with Crippen LogP contribution in [0.3, 0.4) is 0 Å². The first-order valence-electron chi connectivity index (χ1n) is 10.3. The van der Waals surface area contributed by atoms with Crippen molar-refractivity contribution < 1.29 is 9.47 Å². The molecule has 0 aliphatic rings. The predicted molar refractivity (Wildman–Crippen MR) is 122 cm³/mol.